The van der Waals surface area contributed by atoms with Crippen LogP contribution in [0.4, 0.5) is 0 Å². The molecule has 182 valence electrons. The van der Waals surface area contributed by atoms with Gasteiger partial charge in [-0.25, -0.2) is 4.79 Å². The fourth-order valence-electron chi connectivity index (χ4n) is 4.53. The second-order valence-corrected chi connectivity index (χ2v) is 8.28. The second-order valence-electron chi connectivity index (χ2n) is 8.28. The summed E-state index contributed by atoms with van der Waals surface area (Å²) in [5.41, 5.74) is 2.29. The lowest BCUT2D eigenvalue weighted by atomic mass is 9.94. The zero-order chi connectivity index (χ0) is 25.0. The third-order valence-corrected chi connectivity index (χ3v) is 6.36. The average molecular weight is 468 g/mol. The van der Waals surface area contributed by atoms with E-state index in [4.69, 9.17) is 4.74 Å². The van der Waals surface area contributed by atoms with Crippen molar-refractivity contribution >= 4 is 23.4 Å². The summed E-state index contributed by atoms with van der Waals surface area (Å²) in [6, 6.07) is 8.50. The number of hydrogen-bond donors (Lipinski definition) is 2. The van der Waals surface area contributed by atoms with Crippen LogP contribution in [0.5, 0.6) is 0 Å². The van der Waals surface area contributed by atoms with Crippen LogP contribution in [0.3, 0.4) is 0 Å². The van der Waals surface area contributed by atoms with E-state index in [1.807, 2.05) is 44.2 Å². The Balaban J connectivity index is 2.14. The van der Waals surface area contributed by atoms with Crippen LogP contribution in [0, 0.1) is 13.8 Å². The van der Waals surface area contributed by atoms with Crippen molar-refractivity contribution in [1.29, 1.82) is 0 Å². The highest BCUT2D eigenvalue weighted by Crippen LogP contribution is 2.40. The number of rotatable bonds is 9. The molecule has 1 fully saturated rings. The van der Waals surface area contributed by atoms with Gasteiger partial charge in [-0.2, -0.15) is 0 Å². The normalized spacial score (nSPS) is 17.6. The van der Waals surface area contributed by atoms with E-state index in [2.05, 4.69) is 9.88 Å². The predicted molar refractivity (Wildman–Crippen MR) is 129 cm³/mol. The van der Waals surface area contributed by atoms with E-state index in [1.165, 1.54) is 4.90 Å². The number of amides is 1. The molecular formula is C26H33N3O5. The molecule has 1 unspecified atom stereocenters. The van der Waals surface area contributed by atoms with Crippen LogP contribution in [0.15, 0.2) is 35.9 Å². The highest BCUT2D eigenvalue weighted by Gasteiger charge is 2.46. The number of hydrogen-bond acceptors (Lipinski definition) is 6. The summed E-state index contributed by atoms with van der Waals surface area (Å²) in [6.07, 6.45) is 0. The van der Waals surface area contributed by atoms with E-state index >= 15 is 0 Å². The Morgan fingerprint density at radius 2 is 1.76 bits per heavy atom. The predicted octanol–water partition coefficient (Wildman–Crippen LogP) is 3.57. The quantitative estimate of drug-likeness (QED) is 0.253. The molecule has 1 aromatic carbocycles. The molecule has 1 aliphatic rings. The van der Waals surface area contributed by atoms with E-state index in [0.29, 0.717) is 29.9 Å². The molecule has 1 amide bonds. The van der Waals surface area contributed by atoms with Crippen molar-refractivity contribution in [2.45, 2.75) is 40.7 Å². The second kappa shape index (κ2) is 10.7. The van der Waals surface area contributed by atoms with Crippen molar-refractivity contribution in [3.63, 3.8) is 0 Å². The standard InChI is InChI=1S/C26H33N3O5/c1-6-28(7-2)14-15-29-22(18-12-10-9-11-13-18)20(24(31)25(29)32)23(30)19-16(4)21(27-17(19)5)26(33)34-8-3/h9-13,22,27,30H,6-8,14-15H2,1-5H3/b23-20+. The Morgan fingerprint density at radius 3 is 2.35 bits per heavy atom. The Labute approximate surface area is 200 Å². The number of esters is 1. The van der Waals surface area contributed by atoms with Crippen LogP contribution < -0.4 is 0 Å². The summed E-state index contributed by atoms with van der Waals surface area (Å²) in [6.45, 7) is 12.0. The number of aliphatic hydroxyl groups excluding tert-OH is 1. The number of aromatic amines is 1. The number of likely N-dealkylation sites (N-methyl/N-ethyl adjacent to an activating group) is 1. The van der Waals surface area contributed by atoms with E-state index in [9.17, 15) is 19.5 Å². The van der Waals surface area contributed by atoms with Gasteiger partial charge < -0.3 is 24.6 Å². The van der Waals surface area contributed by atoms with Crippen LogP contribution in [0.25, 0.3) is 5.76 Å². The molecule has 0 radical (unpaired) electrons. The molecule has 0 saturated carbocycles. The van der Waals surface area contributed by atoms with Gasteiger partial charge in [0.2, 0.25) is 0 Å². The molecule has 1 aromatic heterocycles. The molecule has 2 aromatic rings. The van der Waals surface area contributed by atoms with Gasteiger partial charge in [0.15, 0.2) is 0 Å². The Hall–Kier alpha value is -3.39. The first-order valence-corrected chi connectivity index (χ1v) is 11.7. The van der Waals surface area contributed by atoms with Crippen LogP contribution in [-0.4, -0.2) is 70.3 Å². The van der Waals surface area contributed by atoms with Gasteiger partial charge in [-0.3, -0.25) is 9.59 Å². The molecule has 0 bridgehead atoms. The smallest absolute Gasteiger partial charge is 0.355 e. The number of nitrogens with one attached hydrogen (secondary N) is 1. The van der Waals surface area contributed by atoms with Crippen LogP contribution >= 0.6 is 0 Å². The van der Waals surface area contributed by atoms with Gasteiger partial charge >= 0.3 is 5.97 Å². The van der Waals surface area contributed by atoms with E-state index < -0.39 is 23.7 Å². The zero-order valence-corrected chi connectivity index (χ0v) is 20.5. The SMILES string of the molecule is CCOC(=O)c1[nH]c(C)c(/C(O)=C2\C(=O)C(=O)N(CCN(CC)CC)C2c2ccccc2)c1C. The topological polar surface area (TPSA) is 103 Å². The minimum atomic E-state index is -0.733. The number of carbonyl (C=O) groups is 3. The van der Waals surface area contributed by atoms with Gasteiger partial charge in [0, 0.05) is 24.3 Å². The first-order chi connectivity index (χ1) is 16.3. The summed E-state index contributed by atoms with van der Waals surface area (Å²) >= 11 is 0. The minimum Gasteiger partial charge on any atom is -0.507 e. The number of nitrogens with zero attached hydrogens (tertiary/aromatic N) is 2. The van der Waals surface area contributed by atoms with E-state index in [-0.39, 0.29) is 23.6 Å². The number of Topliss-reactive ketones (excluding diaryl/α,β-unsaturated/α-hetero) is 1. The molecule has 8 nitrogen and oxygen atoms in total. The number of benzene rings is 1. The first-order valence-electron chi connectivity index (χ1n) is 11.7. The first kappa shape index (κ1) is 25.2. The number of ketones is 1. The van der Waals surface area contributed by atoms with Crippen molar-refractivity contribution in [1.82, 2.24) is 14.8 Å². The molecule has 1 atom stereocenters. The molecule has 2 N–H and O–H groups in total. The minimum absolute atomic E-state index is 0.0244. The monoisotopic (exact) mass is 467 g/mol. The fourth-order valence-corrected chi connectivity index (χ4v) is 4.53. The number of aliphatic hydroxyl groups is 1. The largest absolute Gasteiger partial charge is 0.507 e. The lowest BCUT2D eigenvalue weighted by molar-refractivity contribution is -0.140. The van der Waals surface area contributed by atoms with Crippen LogP contribution in [-0.2, 0) is 14.3 Å². The van der Waals surface area contributed by atoms with Crippen molar-refractivity contribution in [3.05, 3.63) is 64.0 Å². The van der Waals surface area contributed by atoms with Crippen LogP contribution in [0.1, 0.15) is 59.7 Å². The number of aromatic nitrogens is 1. The number of likely N-dealkylation sites (tertiary alicyclic amines) is 1. The van der Waals surface area contributed by atoms with Crippen molar-refractivity contribution in [2.75, 3.05) is 32.8 Å². The van der Waals surface area contributed by atoms with Crippen molar-refractivity contribution in [2.24, 2.45) is 0 Å². The maximum Gasteiger partial charge on any atom is 0.355 e. The Morgan fingerprint density at radius 1 is 1.12 bits per heavy atom. The van der Waals surface area contributed by atoms with Gasteiger partial charge in [-0.15, -0.1) is 0 Å². The molecule has 8 heteroatoms. The molecule has 34 heavy (non-hydrogen) atoms. The van der Waals surface area contributed by atoms with E-state index in [0.717, 1.165) is 18.7 Å². The molecule has 0 spiro atoms. The summed E-state index contributed by atoms with van der Waals surface area (Å²) in [5, 5.41) is 11.4. The van der Waals surface area contributed by atoms with Gasteiger partial charge in [-0.1, -0.05) is 44.2 Å². The lowest BCUT2D eigenvalue weighted by Crippen LogP contribution is -2.38. The Kier molecular flexibility index (Phi) is 7.94. The molecule has 1 aliphatic heterocycles. The average Bonchev–Trinajstić information content (AvgIpc) is 3.27. The maximum absolute atomic E-state index is 13.2. The van der Waals surface area contributed by atoms with Gasteiger partial charge in [0.25, 0.3) is 11.7 Å². The number of aryl methyl sites for hydroxylation is 1. The molecule has 3 rings (SSSR count). The Bertz CT molecular complexity index is 1100. The third-order valence-electron chi connectivity index (χ3n) is 6.36. The third kappa shape index (κ3) is 4.63. The number of carbonyl (C=O) groups excluding carboxylic acids is 3. The summed E-state index contributed by atoms with van der Waals surface area (Å²) in [4.78, 5) is 45.4. The summed E-state index contributed by atoms with van der Waals surface area (Å²) in [5.74, 6) is -2.21. The van der Waals surface area contributed by atoms with Crippen LogP contribution in [0.2, 0.25) is 0 Å². The van der Waals surface area contributed by atoms with Gasteiger partial charge in [-0.05, 0) is 45.0 Å². The molecule has 2 heterocycles. The zero-order valence-electron chi connectivity index (χ0n) is 20.5. The lowest BCUT2D eigenvalue weighted by Gasteiger charge is -2.28. The highest BCUT2D eigenvalue weighted by atomic mass is 16.5. The van der Waals surface area contributed by atoms with Crippen molar-refractivity contribution < 1.29 is 24.2 Å². The van der Waals surface area contributed by atoms with Gasteiger partial charge in [0.05, 0.1) is 18.2 Å². The van der Waals surface area contributed by atoms with E-state index in [1.54, 1.807) is 20.8 Å². The summed E-state index contributed by atoms with van der Waals surface area (Å²) in [7, 11) is 0. The van der Waals surface area contributed by atoms with Crippen molar-refractivity contribution in [3.8, 4) is 0 Å². The van der Waals surface area contributed by atoms with Gasteiger partial charge in [0.1, 0.15) is 11.5 Å². The highest BCUT2D eigenvalue weighted by molar-refractivity contribution is 6.46. The number of ether oxygens (including phenoxy) is 1. The molecular weight excluding hydrogens is 434 g/mol. The number of H-pyrrole nitrogens is 1. The molecule has 1 saturated heterocycles. The maximum atomic E-state index is 13.2. The molecule has 0 aliphatic carbocycles. The fraction of sp³-hybridized carbons (Fsp3) is 0.423. The summed E-state index contributed by atoms with van der Waals surface area (Å²) < 4.78 is 5.10.